The predicted molar refractivity (Wildman–Crippen MR) is 83.8 cm³/mol. The van der Waals surface area contributed by atoms with Crippen LogP contribution in [0.1, 0.15) is 32.1 Å². The van der Waals surface area contributed by atoms with Crippen LogP contribution >= 0.6 is 0 Å². The Kier molecular flexibility index (Phi) is 4.19. The van der Waals surface area contributed by atoms with Gasteiger partial charge in [0.2, 0.25) is 10.0 Å². The molecule has 0 spiro atoms. The maximum absolute atomic E-state index is 11.3. The standard InChI is InChI=1S/C15H23N3O2S/c16-21(19,20)15-8-6-14(7-9-15)18(13-4-5-13)11-12-3-1-2-10-17-12/h6-9,12-13,17H,1-5,10-11H2,(H2,16,19,20). The van der Waals surface area contributed by atoms with Gasteiger partial charge in [0.05, 0.1) is 4.90 Å². The number of primary sulfonamides is 1. The van der Waals surface area contributed by atoms with Crippen LogP contribution in [0.5, 0.6) is 0 Å². The Hall–Kier alpha value is -1.11. The molecule has 1 atom stereocenters. The van der Waals surface area contributed by atoms with Crippen LogP contribution in [-0.4, -0.2) is 33.6 Å². The van der Waals surface area contributed by atoms with Crippen molar-refractivity contribution in [1.82, 2.24) is 5.32 Å². The molecule has 6 heteroatoms. The molecule has 1 saturated heterocycles. The highest BCUT2D eigenvalue weighted by Crippen LogP contribution is 2.32. The second-order valence-electron chi connectivity index (χ2n) is 6.07. The summed E-state index contributed by atoms with van der Waals surface area (Å²) in [6, 6.07) is 8.11. The van der Waals surface area contributed by atoms with Gasteiger partial charge in [-0.2, -0.15) is 0 Å². The Morgan fingerprint density at radius 2 is 1.86 bits per heavy atom. The number of hydrogen-bond acceptors (Lipinski definition) is 4. The average Bonchev–Trinajstić information content (AvgIpc) is 3.30. The Labute approximate surface area is 126 Å². The fraction of sp³-hybridized carbons (Fsp3) is 0.600. The first kappa shape index (κ1) is 14.8. The summed E-state index contributed by atoms with van der Waals surface area (Å²) in [5.41, 5.74) is 1.09. The third-order valence-electron chi connectivity index (χ3n) is 4.31. The number of sulfonamides is 1. The first-order chi connectivity index (χ1) is 10.0. The molecule has 2 fully saturated rings. The molecule has 1 heterocycles. The third-order valence-corrected chi connectivity index (χ3v) is 5.24. The lowest BCUT2D eigenvalue weighted by Gasteiger charge is -2.32. The molecule has 3 N–H and O–H groups in total. The van der Waals surface area contributed by atoms with E-state index in [2.05, 4.69) is 10.2 Å². The summed E-state index contributed by atoms with van der Waals surface area (Å²) in [6.07, 6.45) is 6.23. The molecule has 1 unspecified atom stereocenters. The van der Waals surface area contributed by atoms with Crippen LogP contribution in [-0.2, 0) is 10.0 Å². The predicted octanol–water partition coefficient (Wildman–Crippen LogP) is 1.44. The number of rotatable bonds is 5. The maximum Gasteiger partial charge on any atom is 0.238 e. The van der Waals surface area contributed by atoms with Crippen LogP contribution < -0.4 is 15.4 Å². The number of anilines is 1. The van der Waals surface area contributed by atoms with E-state index in [0.29, 0.717) is 12.1 Å². The fourth-order valence-corrected chi connectivity index (χ4v) is 3.51. The van der Waals surface area contributed by atoms with Crippen LogP contribution in [0.25, 0.3) is 0 Å². The summed E-state index contributed by atoms with van der Waals surface area (Å²) in [4.78, 5) is 2.59. The van der Waals surface area contributed by atoms with E-state index >= 15 is 0 Å². The zero-order chi connectivity index (χ0) is 14.9. The number of benzene rings is 1. The van der Waals surface area contributed by atoms with Crippen molar-refractivity contribution in [3.05, 3.63) is 24.3 Å². The Morgan fingerprint density at radius 1 is 1.14 bits per heavy atom. The number of piperidine rings is 1. The van der Waals surface area contributed by atoms with Crippen molar-refractivity contribution < 1.29 is 8.42 Å². The number of nitrogens with two attached hydrogens (primary N) is 1. The molecular formula is C15H23N3O2S. The van der Waals surface area contributed by atoms with E-state index in [-0.39, 0.29) is 4.90 Å². The normalized spacial score (nSPS) is 23.0. The summed E-state index contributed by atoms with van der Waals surface area (Å²) in [5, 5.41) is 8.73. The van der Waals surface area contributed by atoms with Gasteiger partial charge in [0, 0.05) is 24.3 Å². The number of hydrogen-bond donors (Lipinski definition) is 2. The van der Waals surface area contributed by atoms with Crippen LogP contribution in [0.4, 0.5) is 5.69 Å². The quantitative estimate of drug-likeness (QED) is 0.863. The molecule has 1 aromatic carbocycles. The highest BCUT2D eigenvalue weighted by atomic mass is 32.2. The van der Waals surface area contributed by atoms with Gasteiger partial charge in [-0.1, -0.05) is 6.42 Å². The summed E-state index contributed by atoms with van der Waals surface area (Å²) in [5.74, 6) is 0. The smallest absolute Gasteiger partial charge is 0.238 e. The van der Waals surface area contributed by atoms with Crippen molar-refractivity contribution in [1.29, 1.82) is 0 Å². The summed E-state index contributed by atoms with van der Waals surface area (Å²) >= 11 is 0. The highest BCUT2D eigenvalue weighted by molar-refractivity contribution is 7.89. The molecule has 116 valence electrons. The van der Waals surface area contributed by atoms with Crippen molar-refractivity contribution in [2.75, 3.05) is 18.0 Å². The van der Waals surface area contributed by atoms with Crippen molar-refractivity contribution in [3.63, 3.8) is 0 Å². The molecule has 1 saturated carbocycles. The van der Waals surface area contributed by atoms with Crippen LogP contribution in [0, 0.1) is 0 Å². The van der Waals surface area contributed by atoms with Gasteiger partial charge in [0.15, 0.2) is 0 Å². The lowest BCUT2D eigenvalue weighted by Crippen LogP contribution is -2.44. The first-order valence-electron chi connectivity index (χ1n) is 7.67. The SMILES string of the molecule is NS(=O)(=O)c1ccc(N(CC2CCCCN2)C2CC2)cc1. The van der Waals surface area contributed by atoms with E-state index in [1.807, 2.05) is 12.1 Å². The minimum absolute atomic E-state index is 0.179. The van der Waals surface area contributed by atoms with Crippen LogP contribution in [0.2, 0.25) is 0 Å². The maximum atomic E-state index is 11.3. The van der Waals surface area contributed by atoms with Crippen molar-refractivity contribution in [2.45, 2.75) is 49.1 Å². The first-order valence-corrected chi connectivity index (χ1v) is 9.21. The molecule has 0 amide bonds. The minimum atomic E-state index is -3.61. The topological polar surface area (TPSA) is 75.4 Å². The Morgan fingerprint density at radius 3 is 2.38 bits per heavy atom. The molecular weight excluding hydrogens is 286 g/mol. The Bertz CT molecular complexity index is 575. The van der Waals surface area contributed by atoms with E-state index in [9.17, 15) is 8.42 Å². The zero-order valence-electron chi connectivity index (χ0n) is 12.2. The van der Waals surface area contributed by atoms with Gasteiger partial charge in [-0.15, -0.1) is 0 Å². The fourth-order valence-electron chi connectivity index (χ4n) is 3.00. The molecule has 5 nitrogen and oxygen atoms in total. The summed E-state index contributed by atoms with van der Waals surface area (Å²) < 4.78 is 22.7. The van der Waals surface area contributed by atoms with Gasteiger partial charge in [-0.25, -0.2) is 13.6 Å². The molecule has 1 aliphatic heterocycles. The monoisotopic (exact) mass is 309 g/mol. The van der Waals surface area contributed by atoms with Crippen molar-refractivity contribution >= 4 is 15.7 Å². The molecule has 0 bridgehead atoms. The van der Waals surface area contributed by atoms with E-state index in [1.165, 1.54) is 32.1 Å². The van der Waals surface area contributed by atoms with Gasteiger partial charge in [0.25, 0.3) is 0 Å². The van der Waals surface area contributed by atoms with E-state index in [4.69, 9.17) is 5.14 Å². The van der Waals surface area contributed by atoms with Gasteiger partial charge in [-0.3, -0.25) is 0 Å². The van der Waals surface area contributed by atoms with E-state index in [1.54, 1.807) is 12.1 Å². The summed E-state index contributed by atoms with van der Waals surface area (Å²) in [7, 11) is -3.61. The molecule has 0 radical (unpaired) electrons. The molecule has 2 aliphatic rings. The molecule has 1 aromatic rings. The number of nitrogens with one attached hydrogen (secondary N) is 1. The Balaban J connectivity index is 1.74. The van der Waals surface area contributed by atoms with Gasteiger partial charge in [0.1, 0.15) is 0 Å². The molecule has 21 heavy (non-hydrogen) atoms. The largest absolute Gasteiger partial charge is 0.367 e. The molecule has 3 rings (SSSR count). The van der Waals surface area contributed by atoms with Gasteiger partial charge in [-0.05, 0) is 56.5 Å². The van der Waals surface area contributed by atoms with E-state index < -0.39 is 10.0 Å². The third kappa shape index (κ3) is 3.75. The van der Waals surface area contributed by atoms with Gasteiger partial charge >= 0.3 is 0 Å². The number of nitrogens with zero attached hydrogens (tertiary/aromatic N) is 1. The highest BCUT2D eigenvalue weighted by Gasteiger charge is 2.31. The average molecular weight is 309 g/mol. The van der Waals surface area contributed by atoms with Crippen molar-refractivity contribution in [2.24, 2.45) is 5.14 Å². The second-order valence-corrected chi connectivity index (χ2v) is 7.63. The lowest BCUT2D eigenvalue weighted by molar-refractivity contribution is 0.398. The molecule has 1 aliphatic carbocycles. The van der Waals surface area contributed by atoms with Gasteiger partial charge < -0.3 is 10.2 Å². The zero-order valence-corrected chi connectivity index (χ0v) is 13.0. The molecule has 0 aromatic heterocycles. The van der Waals surface area contributed by atoms with Crippen molar-refractivity contribution in [3.8, 4) is 0 Å². The van der Waals surface area contributed by atoms with E-state index in [0.717, 1.165) is 18.8 Å². The minimum Gasteiger partial charge on any atom is -0.367 e. The lowest BCUT2D eigenvalue weighted by atomic mass is 10.0. The summed E-state index contributed by atoms with van der Waals surface area (Å²) in [6.45, 7) is 2.10. The van der Waals surface area contributed by atoms with Crippen LogP contribution in [0.3, 0.4) is 0 Å². The second kappa shape index (κ2) is 5.94. The van der Waals surface area contributed by atoms with Crippen LogP contribution in [0.15, 0.2) is 29.2 Å².